The number of hydrogen-bond acceptors (Lipinski definition) is 5. The molecule has 1 aliphatic heterocycles. The van der Waals surface area contributed by atoms with Crippen LogP contribution in [0.1, 0.15) is 11.1 Å². The van der Waals surface area contributed by atoms with Gasteiger partial charge in [-0.25, -0.2) is 13.4 Å². The van der Waals surface area contributed by atoms with Crippen molar-refractivity contribution in [1.82, 2.24) is 9.88 Å². The lowest BCUT2D eigenvalue weighted by Gasteiger charge is -2.35. The van der Waals surface area contributed by atoms with E-state index < -0.39 is 9.84 Å². The smallest absolute Gasteiger partial charge is 0.175 e. The molecule has 0 unspecified atom stereocenters. The molecule has 6 heteroatoms. The first kappa shape index (κ1) is 22.6. The molecule has 1 fully saturated rings. The summed E-state index contributed by atoms with van der Waals surface area (Å²) in [4.78, 5) is 10.2. The zero-order valence-electron chi connectivity index (χ0n) is 19.6. The Kier molecular flexibility index (Phi) is 6.11. The highest BCUT2D eigenvalue weighted by Crippen LogP contribution is 2.30. The molecular formula is C28H29N3O2S. The summed E-state index contributed by atoms with van der Waals surface area (Å²) in [5.41, 5.74) is 5.46. The van der Waals surface area contributed by atoms with E-state index in [-0.39, 0.29) is 0 Å². The van der Waals surface area contributed by atoms with Crippen LogP contribution in [-0.2, 0) is 16.4 Å². The Labute approximate surface area is 201 Å². The van der Waals surface area contributed by atoms with Gasteiger partial charge in [0, 0.05) is 49.9 Å². The van der Waals surface area contributed by atoms with Gasteiger partial charge in [-0.15, -0.1) is 0 Å². The SMILES string of the molecule is Cc1ccc(-c2cccc3ccc(N4CCN(Cc5ccccc5S(C)(=O)=O)CC4)nc23)cc1. The van der Waals surface area contributed by atoms with Crippen LogP contribution in [-0.4, -0.2) is 50.7 Å². The Morgan fingerprint density at radius 2 is 1.56 bits per heavy atom. The molecule has 1 aliphatic rings. The molecule has 0 spiro atoms. The third-order valence-corrected chi connectivity index (χ3v) is 7.73. The van der Waals surface area contributed by atoms with Crippen molar-refractivity contribution >= 4 is 26.6 Å². The van der Waals surface area contributed by atoms with Crippen LogP contribution in [0.3, 0.4) is 0 Å². The van der Waals surface area contributed by atoms with Crippen molar-refractivity contribution in [3.63, 3.8) is 0 Å². The highest BCUT2D eigenvalue weighted by atomic mass is 32.2. The van der Waals surface area contributed by atoms with Crippen molar-refractivity contribution in [3.05, 3.63) is 90.0 Å². The molecule has 34 heavy (non-hydrogen) atoms. The van der Waals surface area contributed by atoms with Gasteiger partial charge in [0.1, 0.15) is 5.82 Å². The monoisotopic (exact) mass is 471 g/mol. The van der Waals surface area contributed by atoms with Gasteiger partial charge in [-0.3, -0.25) is 4.90 Å². The number of rotatable bonds is 5. The van der Waals surface area contributed by atoms with Crippen LogP contribution in [0.25, 0.3) is 22.0 Å². The van der Waals surface area contributed by atoms with Crippen LogP contribution in [0.15, 0.2) is 83.8 Å². The van der Waals surface area contributed by atoms with Gasteiger partial charge in [-0.05, 0) is 36.2 Å². The molecule has 5 rings (SSSR count). The molecule has 0 bridgehead atoms. The summed E-state index contributed by atoms with van der Waals surface area (Å²) in [6.07, 6.45) is 1.28. The van der Waals surface area contributed by atoms with Crippen LogP contribution in [0, 0.1) is 6.92 Å². The number of aryl methyl sites for hydroxylation is 1. The highest BCUT2D eigenvalue weighted by molar-refractivity contribution is 7.90. The number of para-hydroxylation sites is 1. The fourth-order valence-electron chi connectivity index (χ4n) is 4.65. The first-order chi connectivity index (χ1) is 16.4. The van der Waals surface area contributed by atoms with Crippen LogP contribution >= 0.6 is 0 Å². The Morgan fingerprint density at radius 1 is 0.824 bits per heavy atom. The molecule has 0 saturated carbocycles. The van der Waals surface area contributed by atoms with E-state index in [2.05, 4.69) is 71.3 Å². The third kappa shape index (κ3) is 4.69. The molecule has 3 aromatic carbocycles. The van der Waals surface area contributed by atoms with Crippen molar-refractivity contribution < 1.29 is 8.42 Å². The van der Waals surface area contributed by atoms with E-state index in [1.807, 2.05) is 12.1 Å². The van der Waals surface area contributed by atoms with Gasteiger partial charge in [-0.2, -0.15) is 0 Å². The van der Waals surface area contributed by atoms with Gasteiger partial charge in [-0.1, -0.05) is 66.2 Å². The van der Waals surface area contributed by atoms with Crippen molar-refractivity contribution in [2.45, 2.75) is 18.4 Å². The maximum atomic E-state index is 12.2. The van der Waals surface area contributed by atoms with E-state index >= 15 is 0 Å². The van der Waals surface area contributed by atoms with E-state index in [0.29, 0.717) is 11.4 Å². The Balaban J connectivity index is 1.35. The number of fused-ring (bicyclic) bond motifs is 1. The molecule has 0 atom stereocenters. The van der Waals surface area contributed by atoms with E-state index in [1.165, 1.54) is 17.4 Å². The topological polar surface area (TPSA) is 53.5 Å². The molecule has 5 nitrogen and oxygen atoms in total. The van der Waals surface area contributed by atoms with Gasteiger partial charge >= 0.3 is 0 Å². The van der Waals surface area contributed by atoms with E-state index in [4.69, 9.17) is 4.98 Å². The molecule has 1 aromatic heterocycles. The Hall–Kier alpha value is -3.22. The summed E-state index contributed by atoms with van der Waals surface area (Å²) < 4.78 is 24.3. The van der Waals surface area contributed by atoms with Gasteiger partial charge in [0.05, 0.1) is 10.4 Å². The van der Waals surface area contributed by atoms with Gasteiger partial charge in [0.15, 0.2) is 9.84 Å². The summed E-state index contributed by atoms with van der Waals surface area (Å²) in [6, 6.07) is 26.5. The fourth-order valence-corrected chi connectivity index (χ4v) is 5.59. The summed E-state index contributed by atoms with van der Waals surface area (Å²) in [7, 11) is -3.24. The second kappa shape index (κ2) is 9.20. The summed E-state index contributed by atoms with van der Waals surface area (Å²) >= 11 is 0. The molecule has 0 radical (unpaired) electrons. The van der Waals surface area contributed by atoms with Gasteiger partial charge in [0.25, 0.3) is 0 Å². The quantitative estimate of drug-likeness (QED) is 0.413. The maximum absolute atomic E-state index is 12.2. The molecular weight excluding hydrogens is 442 g/mol. The molecule has 0 amide bonds. The number of benzene rings is 3. The van der Waals surface area contributed by atoms with Gasteiger partial charge < -0.3 is 4.90 Å². The van der Waals surface area contributed by atoms with Crippen molar-refractivity contribution in [2.75, 3.05) is 37.3 Å². The lowest BCUT2D eigenvalue weighted by molar-refractivity contribution is 0.247. The zero-order valence-corrected chi connectivity index (χ0v) is 20.4. The Morgan fingerprint density at radius 3 is 2.29 bits per heavy atom. The van der Waals surface area contributed by atoms with Crippen molar-refractivity contribution in [1.29, 1.82) is 0 Å². The van der Waals surface area contributed by atoms with Crippen LogP contribution in [0.2, 0.25) is 0 Å². The van der Waals surface area contributed by atoms with Crippen LogP contribution in [0.4, 0.5) is 5.82 Å². The highest BCUT2D eigenvalue weighted by Gasteiger charge is 2.21. The Bertz CT molecular complexity index is 1420. The second-order valence-electron chi connectivity index (χ2n) is 9.06. The minimum absolute atomic E-state index is 0.428. The number of piperazine rings is 1. The predicted molar refractivity (Wildman–Crippen MR) is 139 cm³/mol. The first-order valence-electron chi connectivity index (χ1n) is 11.6. The average Bonchev–Trinajstić information content (AvgIpc) is 2.84. The second-order valence-corrected chi connectivity index (χ2v) is 11.0. The summed E-state index contributed by atoms with van der Waals surface area (Å²) in [5.74, 6) is 0.989. The standard InChI is InChI=1S/C28H29N3O2S/c1-21-10-12-22(13-11-21)25-8-5-7-23-14-15-27(29-28(23)25)31-18-16-30(17-19-31)20-24-6-3-4-9-26(24)34(2,32)33/h3-15H,16-20H2,1-2H3. The maximum Gasteiger partial charge on any atom is 0.175 e. The van der Waals surface area contributed by atoms with Crippen LogP contribution < -0.4 is 4.90 Å². The average molecular weight is 472 g/mol. The minimum Gasteiger partial charge on any atom is -0.354 e. The van der Waals surface area contributed by atoms with E-state index in [9.17, 15) is 8.42 Å². The molecule has 0 aliphatic carbocycles. The number of nitrogens with zero attached hydrogens (tertiary/aromatic N) is 3. The number of pyridine rings is 1. The largest absolute Gasteiger partial charge is 0.354 e. The summed E-state index contributed by atoms with van der Waals surface area (Å²) in [5, 5.41) is 1.14. The van der Waals surface area contributed by atoms with Crippen molar-refractivity contribution in [3.8, 4) is 11.1 Å². The lowest BCUT2D eigenvalue weighted by atomic mass is 10.0. The number of hydrogen-bond donors (Lipinski definition) is 0. The van der Waals surface area contributed by atoms with E-state index in [1.54, 1.807) is 12.1 Å². The number of sulfone groups is 1. The summed E-state index contributed by atoms with van der Waals surface area (Å²) in [6.45, 7) is 6.16. The molecule has 2 heterocycles. The predicted octanol–water partition coefficient (Wildman–Crippen LogP) is 4.94. The van der Waals surface area contributed by atoms with Crippen molar-refractivity contribution in [2.24, 2.45) is 0 Å². The molecule has 1 saturated heterocycles. The molecule has 174 valence electrons. The van der Waals surface area contributed by atoms with E-state index in [0.717, 1.165) is 54.0 Å². The normalized spacial score (nSPS) is 15.1. The minimum atomic E-state index is -3.24. The number of aromatic nitrogens is 1. The lowest BCUT2D eigenvalue weighted by Crippen LogP contribution is -2.46. The fraction of sp³-hybridized carbons (Fsp3) is 0.250. The van der Waals surface area contributed by atoms with Gasteiger partial charge in [0.2, 0.25) is 0 Å². The molecule has 0 N–H and O–H groups in total. The number of anilines is 1. The third-order valence-electron chi connectivity index (χ3n) is 6.53. The van der Waals surface area contributed by atoms with Crippen LogP contribution in [0.5, 0.6) is 0 Å². The first-order valence-corrected chi connectivity index (χ1v) is 13.5. The zero-order chi connectivity index (χ0) is 23.7. The molecule has 4 aromatic rings.